The molecule has 104 valence electrons. The van der Waals surface area contributed by atoms with E-state index in [1.54, 1.807) is 0 Å². The summed E-state index contributed by atoms with van der Waals surface area (Å²) in [7, 11) is 0. The first-order valence-corrected chi connectivity index (χ1v) is 7.37. The molecule has 1 fully saturated rings. The first kappa shape index (κ1) is 14.1. The summed E-state index contributed by atoms with van der Waals surface area (Å²) < 4.78 is 0. The molecule has 0 aliphatic carbocycles. The first-order chi connectivity index (χ1) is 9.29. The number of hydrogen-bond acceptors (Lipinski definition) is 2. The summed E-state index contributed by atoms with van der Waals surface area (Å²) in [6.45, 7) is 5.17. The van der Waals surface area contributed by atoms with Crippen LogP contribution in [0.15, 0.2) is 24.3 Å². The van der Waals surface area contributed by atoms with Gasteiger partial charge in [0.05, 0.1) is 0 Å². The van der Waals surface area contributed by atoms with Gasteiger partial charge in [0, 0.05) is 12.1 Å². The minimum atomic E-state index is 0.0500. The Labute approximate surface area is 115 Å². The Hall–Kier alpha value is -1.35. The number of amides is 1. The van der Waals surface area contributed by atoms with Crippen molar-refractivity contribution in [1.82, 2.24) is 10.6 Å². The van der Waals surface area contributed by atoms with Crippen LogP contribution in [0, 0.1) is 5.92 Å². The third-order valence-electron chi connectivity index (χ3n) is 3.76. The van der Waals surface area contributed by atoms with Gasteiger partial charge in [-0.15, -0.1) is 0 Å². The standard InChI is InChI=1S/C16H24N2O/c1-2-3-13-4-6-15(7-5-13)16(19)18-11-9-14-8-10-17-12-14/h4-7,14,17H,2-3,8-12H2,1H3,(H,18,19). The average molecular weight is 260 g/mol. The highest BCUT2D eigenvalue weighted by Crippen LogP contribution is 2.11. The predicted octanol–water partition coefficient (Wildman–Crippen LogP) is 2.37. The van der Waals surface area contributed by atoms with Crippen LogP contribution >= 0.6 is 0 Å². The summed E-state index contributed by atoms with van der Waals surface area (Å²) >= 11 is 0. The van der Waals surface area contributed by atoms with Crippen LogP contribution in [0.5, 0.6) is 0 Å². The van der Waals surface area contributed by atoms with E-state index >= 15 is 0 Å². The molecule has 2 rings (SSSR count). The molecular weight excluding hydrogens is 236 g/mol. The van der Waals surface area contributed by atoms with Crippen LogP contribution in [-0.2, 0) is 6.42 Å². The number of aryl methyl sites for hydroxylation is 1. The van der Waals surface area contributed by atoms with E-state index in [9.17, 15) is 4.79 Å². The molecule has 0 saturated carbocycles. The number of benzene rings is 1. The smallest absolute Gasteiger partial charge is 0.251 e. The maximum Gasteiger partial charge on any atom is 0.251 e. The minimum absolute atomic E-state index is 0.0500. The Morgan fingerprint density at radius 3 is 2.79 bits per heavy atom. The molecule has 1 aromatic carbocycles. The molecule has 1 aliphatic rings. The Morgan fingerprint density at radius 2 is 2.16 bits per heavy atom. The van der Waals surface area contributed by atoms with E-state index in [2.05, 4.69) is 29.7 Å². The molecule has 3 nitrogen and oxygen atoms in total. The maximum atomic E-state index is 12.0. The first-order valence-electron chi connectivity index (χ1n) is 7.37. The van der Waals surface area contributed by atoms with Crippen molar-refractivity contribution in [3.8, 4) is 0 Å². The SMILES string of the molecule is CCCc1ccc(C(=O)NCCC2CCNC2)cc1. The van der Waals surface area contributed by atoms with Crippen molar-refractivity contribution in [1.29, 1.82) is 0 Å². The zero-order chi connectivity index (χ0) is 13.5. The second-order valence-corrected chi connectivity index (χ2v) is 5.35. The van der Waals surface area contributed by atoms with Crippen LogP contribution in [0.4, 0.5) is 0 Å². The van der Waals surface area contributed by atoms with E-state index in [1.165, 1.54) is 12.0 Å². The summed E-state index contributed by atoms with van der Waals surface area (Å²) in [4.78, 5) is 12.0. The zero-order valence-corrected chi connectivity index (χ0v) is 11.7. The van der Waals surface area contributed by atoms with Crippen molar-refractivity contribution in [2.45, 2.75) is 32.6 Å². The number of rotatable bonds is 6. The Morgan fingerprint density at radius 1 is 1.37 bits per heavy atom. The van der Waals surface area contributed by atoms with Crippen LogP contribution in [-0.4, -0.2) is 25.5 Å². The van der Waals surface area contributed by atoms with E-state index in [1.807, 2.05) is 12.1 Å². The molecule has 0 aromatic heterocycles. The van der Waals surface area contributed by atoms with E-state index in [0.29, 0.717) is 0 Å². The average Bonchev–Trinajstić information content (AvgIpc) is 2.93. The molecule has 1 aromatic rings. The Kier molecular flexibility index (Phi) is 5.40. The highest BCUT2D eigenvalue weighted by Gasteiger charge is 2.14. The number of carbonyl (C=O) groups excluding carboxylic acids is 1. The molecule has 19 heavy (non-hydrogen) atoms. The van der Waals surface area contributed by atoms with Crippen molar-refractivity contribution in [2.75, 3.05) is 19.6 Å². The third-order valence-corrected chi connectivity index (χ3v) is 3.76. The lowest BCUT2D eigenvalue weighted by Gasteiger charge is -2.09. The molecule has 0 radical (unpaired) electrons. The van der Waals surface area contributed by atoms with Gasteiger partial charge in [-0.1, -0.05) is 25.5 Å². The third kappa shape index (κ3) is 4.35. The largest absolute Gasteiger partial charge is 0.352 e. The van der Waals surface area contributed by atoms with E-state index in [0.717, 1.165) is 50.4 Å². The molecule has 0 spiro atoms. The van der Waals surface area contributed by atoms with Gasteiger partial charge in [-0.05, 0) is 56.0 Å². The van der Waals surface area contributed by atoms with Crippen LogP contribution in [0.1, 0.15) is 42.1 Å². The van der Waals surface area contributed by atoms with Crippen LogP contribution in [0.25, 0.3) is 0 Å². The molecular formula is C16H24N2O. The molecule has 1 amide bonds. The summed E-state index contributed by atoms with van der Waals surface area (Å²) in [6, 6.07) is 7.97. The van der Waals surface area contributed by atoms with Gasteiger partial charge in [-0.2, -0.15) is 0 Å². The number of carbonyl (C=O) groups is 1. The van der Waals surface area contributed by atoms with Gasteiger partial charge in [-0.25, -0.2) is 0 Å². The molecule has 1 unspecified atom stereocenters. The highest BCUT2D eigenvalue weighted by atomic mass is 16.1. The second-order valence-electron chi connectivity index (χ2n) is 5.35. The Bertz CT molecular complexity index is 394. The van der Waals surface area contributed by atoms with Crippen molar-refractivity contribution >= 4 is 5.91 Å². The quantitative estimate of drug-likeness (QED) is 0.824. The summed E-state index contributed by atoms with van der Waals surface area (Å²) in [6.07, 6.45) is 4.53. The normalized spacial score (nSPS) is 18.5. The molecule has 1 saturated heterocycles. The summed E-state index contributed by atoms with van der Waals surface area (Å²) in [5, 5.41) is 6.36. The molecule has 1 atom stereocenters. The summed E-state index contributed by atoms with van der Waals surface area (Å²) in [5.74, 6) is 0.779. The number of hydrogen-bond donors (Lipinski definition) is 2. The molecule has 2 N–H and O–H groups in total. The Balaban J connectivity index is 1.75. The van der Waals surface area contributed by atoms with Gasteiger partial charge in [-0.3, -0.25) is 4.79 Å². The van der Waals surface area contributed by atoms with E-state index in [-0.39, 0.29) is 5.91 Å². The van der Waals surface area contributed by atoms with Crippen LogP contribution in [0.2, 0.25) is 0 Å². The fraction of sp³-hybridized carbons (Fsp3) is 0.562. The van der Waals surface area contributed by atoms with Gasteiger partial charge >= 0.3 is 0 Å². The molecule has 0 bridgehead atoms. The number of nitrogens with one attached hydrogen (secondary N) is 2. The van der Waals surface area contributed by atoms with Crippen LogP contribution in [0.3, 0.4) is 0 Å². The molecule has 1 heterocycles. The second kappa shape index (κ2) is 7.29. The minimum Gasteiger partial charge on any atom is -0.352 e. The topological polar surface area (TPSA) is 41.1 Å². The van der Waals surface area contributed by atoms with Gasteiger partial charge in [0.25, 0.3) is 5.91 Å². The van der Waals surface area contributed by atoms with Crippen molar-refractivity contribution < 1.29 is 4.79 Å². The van der Waals surface area contributed by atoms with Crippen molar-refractivity contribution in [3.05, 3.63) is 35.4 Å². The molecule has 1 aliphatic heterocycles. The van der Waals surface area contributed by atoms with Gasteiger partial charge < -0.3 is 10.6 Å². The van der Waals surface area contributed by atoms with E-state index in [4.69, 9.17) is 0 Å². The van der Waals surface area contributed by atoms with Crippen LogP contribution < -0.4 is 10.6 Å². The highest BCUT2D eigenvalue weighted by molar-refractivity contribution is 5.94. The van der Waals surface area contributed by atoms with Crippen molar-refractivity contribution in [2.24, 2.45) is 5.92 Å². The monoisotopic (exact) mass is 260 g/mol. The van der Waals surface area contributed by atoms with E-state index < -0.39 is 0 Å². The van der Waals surface area contributed by atoms with Crippen molar-refractivity contribution in [3.63, 3.8) is 0 Å². The fourth-order valence-corrected chi connectivity index (χ4v) is 2.56. The van der Waals surface area contributed by atoms with Gasteiger partial charge in [0.2, 0.25) is 0 Å². The lowest BCUT2D eigenvalue weighted by atomic mass is 10.0. The van der Waals surface area contributed by atoms with Gasteiger partial charge in [0.15, 0.2) is 0 Å². The zero-order valence-electron chi connectivity index (χ0n) is 11.7. The van der Waals surface area contributed by atoms with Gasteiger partial charge in [0.1, 0.15) is 0 Å². The molecule has 3 heteroatoms. The lowest BCUT2D eigenvalue weighted by Crippen LogP contribution is -2.26. The lowest BCUT2D eigenvalue weighted by molar-refractivity contribution is 0.0951. The summed E-state index contributed by atoms with van der Waals surface area (Å²) in [5.41, 5.74) is 2.07. The predicted molar refractivity (Wildman–Crippen MR) is 78.4 cm³/mol. The maximum absolute atomic E-state index is 12.0. The fourth-order valence-electron chi connectivity index (χ4n) is 2.56.